The highest BCUT2D eigenvalue weighted by molar-refractivity contribution is 7.89. The van der Waals surface area contributed by atoms with Crippen LogP contribution in [0.15, 0.2) is 0 Å². The lowest BCUT2D eigenvalue weighted by atomic mass is 10.3. The summed E-state index contributed by atoms with van der Waals surface area (Å²) in [6.45, 7) is 3.72. The summed E-state index contributed by atoms with van der Waals surface area (Å²) in [6.07, 6.45) is 5.84. The number of nitrogens with zero attached hydrogens (tertiary/aromatic N) is 1. The van der Waals surface area contributed by atoms with Gasteiger partial charge in [0.2, 0.25) is 10.0 Å². The van der Waals surface area contributed by atoms with Crippen LogP contribution >= 0.6 is 0 Å². The first-order chi connectivity index (χ1) is 8.11. The normalized spacial score (nSPS) is 16.6. The van der Waals surface area contributed by atoms with Gasteiger partial charge in [0.15, 0.2) is 0 Å². The van der Waals surface area contributed by atoms with Crippen molar-refractivity contribution >= 4 is 10.0 Å². The topological polar surface area (TPSA) is 49.4 Å². The molecule has 0 amide bonds. The third kappa shape index (κ3) is 5.36. The fourth-order valence-electron chi connectivity index (χ4n) is 1.93. The van der Waals surface area contributed by atoms with Gasteiger partial charge < -0.3 is 5.32 Å². The van der Waals surface area contributed by atoms with Crippen molar-refractivity contribution < 1.29 is 8.42 Å². The first-order valence-corrected chi connectivity index (χ1v) is 8.37. The Morgan fingerprint density at radius 3 is 2.47 bits per heavy atom. The quantitative estimate of drug-likeness (QED) is 0.608. The van der Waals surface area contributed by atoms with Crippen LogP contribution in [-0.2, 0) is 10.0 Å². The lowest BCUT2D eigenvalue weighted by molar-refractivity contribution is 0.394. The van der Waals surface area contributed by atoms with E-state index in [-0.39, 0.29) is 0 Å². The van der Waals surface area contributed by atoms with Crippen molar-refractivity contribution in [2.45, 2.75) is 51.5 Å². The van der Waals surface area contributed by atoms with Gasteiger partial charge in [0.25, 0.3) is 0 Å². The van der Waals surface area contributed by atoms with Crippen molar-refractivity contribution in [3.8, 4) is 0 Å². The minimum absolute atomic E-state index is 0.314. The molecule has 1 fully saturated rings. The molecule has 17 heavy (non-hydrogen) atoms. The molecule has 1 rings (SSSR count). The maximum atomic E-state index is 12.2. The van der Waals surface area contributed by atoms with Crippen LogP contribution in [0, 0.1) is 0 Å². The molecule has 1 saturated carbocycles. The largest absolute Gasteiger partial charge is 0.320 e. The van der Waals surface area contributed by atoms with Crippen molar-refractivity contribution in [1.82, 2.24) is 9.62 Å². The Balaban J connectivity index is 2.40. The molecule has 0 aromatic heterocycles. The zero-order valence-electron chi connectivity index (χ0n) is 11.1. The van der Waals surface area contributed by atoms with E-state index in [4.69, 9.17) is 0 Å². The van der Waals surface area contributed by atoms with Gasteiger partial charge in [-0.1, -0.05) is 13.3 Å². The van der Waals surface area contributed by atoms with Gasteiger partial charge in [0.05, 0.1) is 5.75 Å². The van der Waals surface area contributed by atoms with Crippen LogP contribution in [-0.4, -0.2) is 44.7 Å². The second-order valence-electron chi connectivity index (χ2n) is 4.82. The summed E-state index contributed by atoms with van der Waals surface area (Å²) in [5, 5.41) is 3.04. The lowest BCUT2D eigenvalue weighted by Crippen LogP contribution is -2.36. The molecule has 0 saturated heterocycles. The molecule has 0 aliphatic heterocycles. The van der Waals surface area contributed by atoms with Crippen LogP contribution < -0.4 is 5.32 Å². The van der Waals surface area contributed by atoms with E-state index in [9.17, 15) is 8.42 Å². The van der Waals surface area contributed by atoms with E-state index in [0.717, 1.165) is 51.6 Å². The van der Waals surface area contributed by atoms with E-state index in [2.05, 4.69) is 12.2 Å². The van der Waals surface area contributed by atoms with Gasteiger partial charge in [0.1, 0.15) is 0 Å². The van der Waals surface area contributed by atoms with E-state index in [1.807, 2.05) is 7.05 Å². The van der Waals surface area contributed by atoms with Crippen molar-refractivity contribution in [3.05, 3.63) is 0 Å². The molecule has 0 radical (unpaired) electrons. The number of unbranched alkanes of at least 4 members (excludes halogenated alkanes) is 2. The number of nitrogens with one attached hydrogen (secondary N) is 1. The molecule has 1 aliphatic carbocycles. The molecular weight excluding hydrogens is 236 g/mol. The highest BCUT2D eigenvalue weighted by Gasteiger charge is 2.36. The fourth-order valence-corrected chi connectivity index (χ4v) is 3.80. The van der Waals surface area contributed by atoms with E-state index in [1.54, 1.807) is 4.31 Å². The third-order valence-electron chi connectivity index (χ3n) is 3.12. The third-order valence-corrected chi connectivity index (χ3v) is 5.12. The van der Waals surface area contributed by atoms with Gasteiger partial charge in [-0.15, -0.1) is 0 Å². The zero-order valence-corrected chi connectivity index (χ0v) is 11.9. The molecule has 0 atom stereocenters. The first-order valence-electron chi connectivity index (χ1n) is 6.76. The van der Waals surface area contributed by atoms with Crippen molar-refractivity contribution in [2.24, 2.45) is 0 Å². The zero-order chi connectivity index (χ0) is 12.7. The number of hydrogen-bond acceptors (Lipinski definition) is 3. The summed E-state index contributed by atoms with van der Waals surface area (Å²) < 4.78 is 26.1. The van der Waals surface area contributed by atoms with Gasteiger partial charge in [-0.3, -0.25) is 0 Å². The molecular formula is C12H26N2O2S. The second-order valence-corrected chi connectivity index (χ2v) is 6.86. The molecule has 0 bridgehead atoms. The predicted molar refractivity (Wildman–Crippen MR) is 71.6 cm³/mol. The van der Waals surface area contributed by atoms with Crippen molar-refractivity contribution in [1.29, 1.82) is 0 Å². The van der Waals surface area contributed by atoms with Crippen molar-refractivity contribution in [2.75, 3.05) is 25.9 Å². The highest BCUT2D eigenvalue weighted by atomic mass is 32.2. The van der Waals surface area contributed by atoms with Crippen LogP contribution in [0.1, 0.15) is 45.4 Å². The molecule has 102 valence electrons. The maximum Gasteiger partial charge on any atom is 0.214 e. The Kier molecular flexibility index (Phi) is 6.44. The van der Waals surface area contributed by atoms with Crippen LogP contribution in [0.2, 0.25) is 0 Å². The fraction of sp³-hybridized carbons (Fsp3) is 1.00. The summed E-state index contributed by atoms with van der Waals surface area (Å²) in [5.41, 5.74) is 0. The minimum atomic E-state index is -3.01. The Morgan fingerprint density at radius 1 is 1.24 bits per heavy atom. The first kappa shape index (κ1) is 14.9. The Bertz CT molecular complexity index is 300. The van der Waals surface area contributed by atoms with Crippen LogP contribution in [0.25, 0.3) is 0 Å². The monoisotopic (exact) mass is 262 g/mol. The summed E-state index contributed by atoms with van der Waals surface area (Å²) >= 11 is 0. The van der Waals surface area contributed by atoms with Crippen LogP contribution in [0.5, 0.6) is 0 Å². The average molecular weight is 262 g/mol. The number of sulfonamides is 1. The predicted octanol–water partition coefficient (Wildman–Crippen LogP) is 1.58. The van der Waals surface area contributed by atoms with E-state index < -0.39 is 10.0 Å². The summed E-state index contributed by atoms with van der Waals surface area (Å²) in [6, 6.07) is 0.316. The maximum absolute atomic E-state index is 12.2. The number of rotatable bonds is 10. The summed E-state index contributed by atoms with van der Waals surface area (Å²) in [7, 11) is -1.11. The molecule has 0 unspecified atom stereocenters. The molecule has 0 aromatic carbocycles. The number of hydrogen-bond donors (Lipinski definition) is 1. The van der Waals surface area contributed by atoms with Gasteiger partial charge >= 0.3 is 0 Å². The van der Waals surface area contributed by atoms with E-state index in [1.165, 1.54) is 0 Å². The molecule has 0 heterocycles. The molecule has 0 aromatic rings. The smallest absolute Gasteiger partial charge is 0.214 e. The summed E-state index contributed by atoms with van der Waals surface area (Å²) in [4.78, 5) is 0. The van der Waals surface area contributed by atoms with Gasteiger partial charge in [-0.25, -0.2) is 8.42 Å². The molecule has 1 aliphatic rings. The van der Waals surface area contributed by atoms with Crippen LogP contribution in [0.3, 0.4) is 0 Å². The van der Waals surface area contributed by atoms with Gasteiger partial charge in [-0.2, -0.15) is 4.31 Å². The SMILES string of the molecule is CCCCN(C1CC1)S(=O)(=O)CCCCNC. The Morgan fingerprint density at radius 2 is 1.94 bits per heavy atom. The molecule has 4 nitrogen and oxygen atoms in total. The van der Waals surface area contributed by atoms with E-state index >= 15 is 0 Å². The molecule has 5 heteroatoms. The lowest BCUT2D eigenvalue weighted by Gasteiger charge is -2.21. The Labute approximate surface area is 106 Å². The summed E-state index contributed by atoms with van der Waals surface area (Å²) in [5.74, 6) is 0.314. The minimum Gasteiger partial charge on any atom is -0.320 e. The van der Waals surface area contributed by atoms with Gasteiger partial charge in [-0.05, 0) is 45.7 Å². The average Bonchev–Trinajstić information content (AvgIpc) is 3.09. The van der Waals surface area contributed by atoms with E-state index in [0.29, 0.717) is 11.8 Å². The molecule has 0 spiro atoms. The van der Waals surface area contributed by atoms with Gasteiger partial charge in [0, 0.05) is 12.6 Å². The molecule has 1 N–H and O–H groups in total. The standard InChI is InChI=1S/C12H26N2O2S/c1-3-4-10-14(12-7-8-12)17(15,16)11-6-5-9-13-2/h12-13H,3-11H2,1-2H3. The second kappa shape index (κ2) is 7.34. The Hall–Kier alpha value is -0.130. The van der Waals surface area contributed by atoms with Crippen molar-refractivity contribution in [3.63, 3.8) is 0 Å². The van der Waals surface area contributed by atoms with Crippen LogP contribution in [0.4, 0.5) is 0 Å². The highest BCUT2D eigenvalue weighted by Crippen LogP contribution is 2.30.